The van der Waals surface area contributed by atoms with Gasteiger partial charge in [-0.05, 0) is 0 Å². The number of benzene rings is 1. The van der Waals surface area contributed by atoms with Crippen molar-refractivity contribution < 1.29 is 50.5 Å². The monoisotopic (exact) mass is 536 g/mol. The fourth-order valence-corrected chi connectivity index (χ4v) is 22.1. The van der Waals surface area contributed by atoms with Crippen LogP contribution in [-0.2, 0) is 20.9 Å². The zero-order chi connectivity index (χ0) is 15.6. The summed E-state index contributed by atoms with van der Waals surface area (Å²) in [5, 5.41) is 0. The van der Waals surface area contributed by atoms with Crippen molar-refractivity contribution >= 4 is 11.9 Å². The quantitative estimate of drug-likeness (QED) is 0.436. The number of hydrogen-bond acceptors (Lipinski definition) is 1. The number of carbonyl (C=O) groups excluding carboxylic acids is 1. The summed E-state index contributed by atoms with van der Waals surface area (Å²) in [6, 6.07) is 6.08. The van der Waals surface area contributed by atoms with E-state index in [1.165, 1.54) is 5.57 Å². The van der Waals surface area contributed by atoms with Crippen molar-refractivity contribution in [1.82, 2.24) is 3.30 Å². The third kappa shape index (κ3) is 5.70. The molecule has 0 atom stereocenters. The third-order valence-electron chi connectivity index (χ3n) is 3.93. The molecule has 1 aliphatic rings. The summed E-state index contributed by atoms with van der Waals surface area (Å²) < 4.78 is 5.09. The second kappa shape index (κ2) is 9.97. The summed E-state index contributed by atoms with van der Waals surface area (Å²) in [4.78, 5) is 12.8. The van der Waals surface area contributed by atoms with Gasteiger partial charge in [-0.1, -0.05) is 0 Å². The summed E-state index contributed by atoms with van der Waals surface area (Å²) in [5.41, 5.74) is 4.41. The smallest absolute Gasteiger partial charge is 1.00 e. The minimum Gasteiger partial charge on any atom is -1.00 e. The van der Waals surface area contributed by atoms with E-state index in [9.17, 15) is 4.79 Å². The van der Waals surface area contributed by atoms with Gasteiger partial charge in [0, 0.05) is 0 Å². The molecule has 2 rings (SSSR count). The van der Waals surface area contributed by atoms with Gasteiger partial charge >= 0.3 is 137 Å². The van der Waals surface area contributed by atoms with E-state index in [-0.39, 0.29) is 30.7 Å². The Balaban J connectivity index is 0.00000242. The van der Waals surface area contributed by atoms with E-state index in [0.717, 1.165) is 23.1 Å². The van der Waals surface area contributed by atoms with Gasteiger partial charge in [-0.3, -0.25) is 0 Å². The maximum atomic E-state index is 12.8. The van der Waals surface area contributed by atoms with E-state index >= 15 is 0 Å². The first kappa shape index (κ1) is 22.8. The molecular formula is C17H24Cl2HfNOSi. The van der Waals surface area contributed by atoms with Gasteiger partial charge in [-0.25, -0.2) is 0 Å². The maximum absolute atomic E-state index is 12.8. The molecule has 0 fully saturated rings. The molecule has 0 aliphatic heterocycles. The number of amides is 1. The Morgan fingerprint density at radius 3 is 2.13 bits per heavy atom. The number of hydrogen-bond donors (Lipinski definition) is 1. The minimum atomic E-state index is -2.15. The van der Waals surface area contributed by atoms with Gasteiger partial charge in [0.1, 0.15) is 0 Å². The van der Waals surface area contributed by atoms with Crippen molar-refractivity contribution in [3.05, 3.63) is 55.9 Å². The number of halogens is 2. The van der Waals surface area contributed by atoms with E-state index in [2.05, 4.69) is 35.5 Å². The van der Waals surface area contributed by atoms with Crippen LogP contribution in [0.5, 0.6) is 0 Å². The van der Waals surface area contributed by atoms with E-state index in [1.54, 1.807) is 3.33 Å². The number of rotatable bonds is 4. The zero-order valence-electron chi connectivity index (χ0n) is 14.3. The number of carbonyl (C=O) groups is 1. The van der Waals surface area contributed by atoms with Gasteiger partial charge in [-0.2, -0.15) is 0 Å². The summed E-state index contributed by atoms with van der Waals surface area (Å²) in [6.07, 6.45) is 5.70. The van der Waals surface area contributed by atoms with E-state index in [4.69, 9.17) is 0 Å². The minimum absolute atomic E-state index is 0. The Hall–Kier alpha value is -0.163. The molecule has 6 heteroatoms. The molecular weight excluding hydrogens is 512 g/mol. The predicted octanol–water partition coefficient (Wildman–Crippen LogP) is -2.21. The van der Waals surface area contributed by atoms with E-state index in [0.29, 0.717) is 0 Å². The van der Waals surface area contributed by atoms with Crippen molar-refractivity contribution in [3.8, 4) is 0 Å². The molecule has 0 spiro atoms. The third-order valence-corrected chi connectivity index (χ3v) is 27.3. The Morgan fingerprint density at radius 2 is 1.70 bits per heavy atom. The fourth-order valence-electron chi connectivity index (χ4n) is 2.80. The molecule has 0 bridgehead atoms. The van der Waals surface area contributed by atoms with Crippen LogP contribution in [-0.4, -0.2) is 11.9 Å². The first-order valence-electron chi connectivity index (χ1n) is 7.52. The average molecular weight is 536 g/mol. The first-order chi connectivity index (χ1) is 9.90. The largest absolute Gasteiger partial charge is 1.00 e. The van der Waals surface area contributed by atoms with Crippen molar-refractivity contribution in [2.24, 2.45) is 0 Å². The van der Waals surface area contributed by atoms with Crippen LogP contribution in [0.1, 0.15) is 34.8 Å². The van der Waals surface area contributed by atoms with E-state index < -0.39 is 26.9 Å². The number of nitrogens with one attached hydrogen (secondary N) is 1. The molecule has 0 saturated heterocycles. The van der Waals surface area contributed by atoms with Gasteiger partial charge in [-0.15, -0.1) is 0 Å². The molecule has 0 saturated carbocycles. The molecule has 2 nitrogen and oxygen atoms in total. The molecule has 23 heavy (non-hydrogen) atoms. The van der Waals surface area contributed by atoms with Crippen LogP contribution in [0.25, 0.3) is 0 Å². The second-order valence-corrected chi connectivity index (χ2v) is 31.8. The van der Waals surface area contributed by atoms with Crippen molar-refractivity contribution in [2.45, 2.75) is 40.3 Å². The number of allylic oxidation sites excluding steroid dienone is 4. The maximum Gasteiger partial charge on any atom is -1.00 e. The van der Waals surface area contributed by atoms with Gasteiger partial charge in [0.15, 0.2) is 0 Å². The molecule has 0 unspecified atom stereocenters. The van der Waals surface area contributed by atoms with Crippen LogP contribution >= 0.6 is 0 Å². The number of aryl methyl sites for hydroxylation is 2. The molecule has 1 amide bonds. The molecule has 1 aromatic carbocycles. The molecule has 0 heterocycles. The SMILES string of the molecule is CC1=CC[C]([Hf+2]([NH]C(=O)c2c(C)cccc2C)[SiH](C)C)=C1.[Cl-].[Cl-]. The Labute approximate surface area is 161 Å². The van der Waals surface area contributed by atoms with Gasteiger partial charge < -0.3 is 24.8 Å². The van der Waals surface area contributed by atoms with Gasteiger partial charge in [0.2, 0.25) is 0 Å². The topological polar surface area (TPSA) is 29.1 Å². The summed E-state index contributed by atoms with van der Waals surface area (Å²) in [7, 11) is 0. The normalized spacial score (nSPS) is 12.8. The average Bonchev–Trinajstić information content (AvgIpc) is 2.81. The predicted molar refractivity (Wildman–Crippen MR) is 88.7 cm³/mol. The Bertz CT molecular complexity index is 609. The van der Waals surface area contributed by atoms with Crippen LogP contribution in [0.2, 0.25) is 13.1 Å². The standard InChI is InChI=1S/C9H11NO.C6H7.C2H7Si.2ClH.Hf/c1-6-4-3-5-7(2)8(6)9(10)11;1-6-4-2-3-5-6;1-3-2;;;/h3-5H,1-2H3,(H2,10,11);4-5H,2H2,1H3;3H,1-2H3;2*1H;/q;;;;;+3/p-3. The van der Waals surface area contributed by atoms with Crippen molar-refractivity contribution in [2.75, 3.05) is 0 Å². The summed E-state index contributed by atoms with van der Waals surface area (Å²) in [5.74, 6) is -0.631. The van der Waals surface area contributed by atoms with Crippen LogP contribution in [0, 0.1) is 13.8 Å². The molecule has 0 radical (unpaired) electrons. The van der Waals surface area contributed by atoms with Crippen LogP contribution in [0.4, 0.5) is 0 Å². The first-order valence-corrected chi connectivity index (χ1v) is 20.2. The molecule has 125 valence electrons. The Morgan fingerprint density at radius 1 is 1.13 bits per heavy atom. The Kier molecular flexibility index (Phi) is 9.90. The molecule has 1 N–H and O–H groups in total. The van der Waals surface area contributed by atoms with Crippen LogP contribution in [0.15, 0.2) is 39.3 Å². The van der Waals surface area contributed by atoms with Crippen LogP contribution < -0.4 is 28.1 Å². The van der Waals surface area contributed by atoms with Crippen molar-refractivity contribution in [1.29, 1.82) is 0 Å². The summed E-state index contributed by atoms with van der Waals surface area (Å²) in [6.45, 7) is 11.0. The zero-order valence-corrected chi connectivity index (χ0v) is 20.6. The molecule has 0 aromatic heterocycles. The second-order valence-electron chi connectivity index (χ2n) is 6.11. The summed E-state index contributed by atoms with van der Waals surface area (Å²) >= 11 is -2.15. The van der Waals surface area contributed by atoms with Crippen LogP contribution in [0.3, 0.4) is 0 Å². The fraction of sp³-hybridized carbons (Fsp3) is 0.353. The van der Waals surface area contributed by atoms with Crippen molar-refractivity contribution in [3.63, 3.8) is 0 Å². The van der Waals surface area contributed by atoms with E-state index in [1.807, 2.05) is 32.0 Å². The molecule has 1 aliphatic carbocycles. The van der Waals surface area contributed by atoms with Gasteiger partial charge in [0.05, 0.1) is 0 Å². The molecule has 1 aromatic rings. The van der Waals surface area contributed by atoms with Gasteiger partial charge in [0.25, 0.3) is 0 Å².